The highest BCUT2D eigenvalue weighted by Gasteiger charge is 2.34. The van der Waals surface area contributed by atoms with Crippen LogP contribution in [0, 0.1) is 0 Å². The molecule has 92 valence electrons. The van der Waals surface area contributed by atoms with Gasteiger partial charge in [0.1, 0.15) is 4.60 Å². The quantitative estimate of drug-likeness (QED) is 0.742. The van der Waals surface area contributed by atoms with E-state index in [0.29, 0.717) is 0 Å². The highest BCUT2D eigenvalue weighted by Crippen LogP contribution is 2.30. The fourth-order valence-electron chi connectivity index (χ4n) is 3.10. The summed E-state index contributed by atoms with van der Waals surface area (Å²) in [6.07, 6.45) is 5.99. The Hall–Kier alpha value is -0.610. The average molecular weight is 296 g/mol. The number of rotatable bonds is 1. The molecule has 3 heterocycles. The van der Waals surface area contributed by atoms with Gasteiger partial charge in [0, 0.05) is 25.2 Å². The summed E-state index contributed by atoms with van der Waals surface area (Å²) in [4.78, 5) is 9.39. The van der Waals surface area contributed by atoms with Gasteiger partial charge in [-0.3, -0.25) is 4.90 Å². The second kappa shape index (κ2) is 4.58. The van der Waals surface area contributed by atoms with E-state index in [4.69, 9.17) is 0 Å². The highest BCUT2D eigenvalue weighted by molar-refractivity contribution is 9.10. The fraction of sp³-hybridized carbons (Fsp3) is 0.615. The second-order valence-corrected chi connectivity index (χ2v) is 5.94. The van der Waals surface area contributed by atoms with Crippen LogP contribution >= 0.6 is 15.9 Å². The van der Waals surface area contributed by atoms with E-state index in [1.807, 2.05) is 12.3 Å². The van der Waals surface area contributed by atoms with Gasteiger partial charge in [-0.1, -0.05) is 0 Å². The van der Waals surface area contributed by atoms with Gasteiger partial charge in [-0.25, -0.2) is 4.98 Å². The van der Waals surface area contributed by atoms with Gasteiger partial charge < -0.3 is 4.90 Å². The molecule has 3 rings (SSSR count). The lowest BCUT2D eigenvalue weighted by Gasteiger charge is -2.27. The first kappa shape index (κ1) is 11.5. The molecule has 2 saturated heterocycles. The van der Waals surface area contributed by atoms with E-state index in [9.17, 15) is 0 Å². The number of nitrogens with zero attached hydrogens (tertiary/aromatic N) is 3. The molecule has 2 bridgehead atoms. The summed E-state index contributed by atoms with van der Waals surface area (Å²) < 4.78 is 0.912. The number of likely N-dealkylation sites (N-methyl/N-ethyl adjacent to an activating group) is 1. The number of aromatic nitrogens is 1. The topological polar surface area (TPSA) is 19.4 Å². The van der Waals surface area contributed by atoms with Crippen molar-refractivity contribution in [3.8, 4) is 0 Å². The Labute approximate surface area is 111 Å². The zero-order valence-corrected chi connectivity index (χ0v) is 11.7. The molecule has 2 unspecified atom stereocenters. The maximum absolute atomic E-state index is 4.33. The van der Waals surface area contributed by atoms with E-state index in [-0.39, 0.29) is 0 Å². The molecule has 0 radical (unpaired) electrons. The fourth-order valence-corrected chi connectivity index (χ4v) is 3.33. The number of hydrogen-bond donors (Lipinski definition) is 0. The van der Waals surface area contributed by atoms with Crippen LogP contribution in [0.4, 0.5) is 5.69 Å². The van der Waals surface area contributed by atoms with Crippen molar-refractivity contribution < 1.29 is 0 Å². The second-order valence-electron chi connectivity index (χ2n) is 5.12. The Kier molecular flexibility index (Phi) is 3.09. The largest absolute Gasteiger partial charge is 0.369 e. The summed E-state index contributed by atoms with van der Waals surface area (Å²) >= 11 is 3.39. The first-order valence-electron chi connectivity index (χ1n) is 6.32. The first-order valence-corrected chi connectivity index (χ1v) is 7.12. The van der Waals surface area contributed by atoms with Gasteiger partial charge in [0.05, 0.1) is 11.9 Å². The van der Waals surface area contributed by atoms with E-state index in [1.165, 1.54) is 24.9 Å². The lowest BCUT2D eigenvalue weighted by Crippen LogP contribution is -2.36. The maximum Gasteiger partial charge on any atom is 0.106 e. The van der Waals surface area contributed by atoms with Crippen LogP contribution in [0.3, 0.4) is 0 Å². The maximum atomic E-state index is 4.33. The number of fused-ring (bicyclic) bond motifs is 2. The summed E-state index contributed by atoms with van der Waals surface area (Å²) in [6.45, 7) is 2.31. The normalized spacial score (nSPS) is 29.4. The number of hydrogen-bond acceptors (Lipinski definition) is 3. The predicted molar refractivity (Wildman–Crippen MR) is 73.3 cm³/mol. The molecule has 0 aromatic carbocycles. The summed E-state index contributed by atoms with van der Waals surface area (Å²) in [5, 5.41) is 0. The third-order valence-electron chi connectivity index (χ3n) is 4.23. The number of anilines is 1. The van der Waals surface area contributed by atoms with Gasteiger partial charge in [0.25, 0.3) is 0 Å². The molecule has 2 fully saturated rings. The van der Waals surface area contributed by atoms with Crippen LogP contribution < -0.4 is 4.90 Å². The monoisotopic (exact) mass is 295 g/mol. The van der Waals surface area contributed by atoms with Gasteiger partial charge >= 0.3 is 0 Å². The SMILES string of the molecule is CN1C2CCC1CN(c1ccc(Br)nc1)CC2. The lowest BCUT2D eigenvalue weighted by molar-refractivity contribution is 0.254. The summed E-state index contributed by atoms with van der Waals surface area (Å²) in [5.74, 6) is 0. The van der Waals surface area contributed by atoms with Crippen molar-refractivity contribution in [2.24, 2.45) is 0 Å². The average Bonchev–Trinajstić information content (AvgIpc) is 2.55. The first-order chi connectivity index (χ1) is 8.24. The molecule has 0 amide bonds. The minimum atomic E-state index is 0.728. The highest BCUT2D eigenvalue weighted by atomic mass is 79.9. The van der Waals surface area contributed by atoms with Gasteiger partial charge in [-0.2, -0.15) is 0 Å². The Morgan fingerprint density at radius 3 is 2.82 bits per heavy atom. The standard InChI is InChI=1S/C13H18BrN3/c1-16-10-2-3-12(16)9-17(7-6-10)11-4-5-13(14)15-8-11/h4-5,8,10,12H,2-3,6-7,9H2,1H3. The molecule has 0 spiro atoms. The van der Waals surface area contributed by atoms with E-state index in [1.54, 1.807) is 0 Å². The molecule has 3 nitrogen and oxygen atoms in total. The van der Waals surface area contributed by atoms with Crippen molar-refractivity contribution in [3.05, 3.63) is 22.9 Å². The molecule has 2 aliphatic heterocycles. The minimum Gasteiger partial charge on any atom is -0.369 e. The van der Waals surface area contributed by atoms with E-state index in [0.717, 1.165) is 29.8 Å². The molecule has 1 aromatic heterocycles. The van der Waals surface area contributed by atoms with E-state index < -0.39 is 0 Å². The zero-order valence-electron chi connectivity index (χ0n) is 10.1. The molecule has 2 aliphatic rings. The Morgan fingerprint density at radius 2 is 2.06 bits per heavy atom. The molecule has 0 N–H and O–H groups in total. The Balaban J connectivity index is 1.79. The molecular weight excluding hydrogens is 278 g/mol. The van der Waals surface area contributed by atoms with E-state index in [2.05, 4.69) is 43.8 Å². The molecule has 2 atom stereocenters. The lowest BCUT2D eigenvalue weighted by atomic mass is 10.1. The van der Waals surface area contributed by atoms with Crippen LogP contribution in [0.2, 0.25) is 0 Å². The number of halogens is 1. The summed E-state index contributed by atoms with van der Waals surface area (Å²) in [7, 11) is 2.28. The van der Waals surface area contributed by atoms with Crippen LogP contribution in [0.1, 0.15) is 19.3 Å². The van der Waals surface area contributed by atoms with Crippen molar-refractivity contribution in [1.29, 1.82) is 0 Å². The van der Waals surface area contributed by atoms with Crippen molar-refractivity contribution in [2.75, 3.05) is 25.0 Å². The molecule has 4 heteroatoms. The summed E-state index contributed by atoms with van der Waals surface area (Å²) in [5.41, 5.74) is 1.26. The van der Waals surface area contributed by atoms with Crippen molar-refractivity contribution in [1.82, 2.24) is 9.88 Å². The van der Waals surface area contributed by atoms with Crippen LogP contribution in [0.15, 0.2) is 22.9 Å². The Morgan fingerprint density at radius 1 is 1.24 bits per heavy atom. The summed E-state index contributed by atoms with van der Waals surface area (Å²) in [6, 6.07) is 5.72. The van der Waals surface area contributed by atoms with Crippen LogP contribution in [0.5, 0.6) is 0 Å². The van der Waals surface area contributed by atoms with Crippen LogP contribution in [-0.2, 0) is 0 Å². The Bertz CT molecular complexity index is 392. The van der Waals surface area contributed by atoms with Gasteiger partial charge in [-0.05, 0) is 54.4 Å². The van der Waals surface area contributed by atoms with Gasteiger partial charge in [-0.15, -0.1) is 0 Å². The molecule has 17 heavy (non-hydrogen) atoms. The van der Waals surface area contributed by atoms with Crippen molar-refractivity contribution in [3.63, 3.8) is 0 Å². The van der Waals surface area contributed by atoms with Crippen molar-refractivity contribution in [2.45, 2.75) is 31.3 Å². The number of pyridine rings is 1. The van der Waals surface area contributed by atoms with E-state index >= 15 is 0 Å². The molecule has 0 aliphatic carbocycles. The molecule has 1 aromatic rings. The van der Waals surface area contributed by atoms with Gasteiger partial charge in [0.15, 0.2) is 0 Å². The minimum absolute atomic E-state index is 0.728. The molecule has 0 saturated carbocycles. The molecular formula is C13H18BrN3. The third-order valence-corrected chi connectivity index (χ3v) is 4.69. The van der Waals surface area contributed by atoms with Crippen LogP contribution in [0.25, 0.3) is 0 Å². The zero-order chi connectivity index (χ0) is 11.8. The smallest absolute Gasteiger partial charge is 0.106 e. The van der Waals surface area contributed by atoms with Gasteiger partial charge in [0.2, 0.25) is 0 Å². The third kappa shape index (κ3) is 2.20. The van der Waals surface area contributed by atoms with Crippen molar-refractivity contribution >= 4 is 21.6 Å². The van der Waals surface area contributed by atoms with Crippen LogP contribution in [-0.4, -0.2) is 42.1 Å². The predicted octanol–water partition coefficient (Wildman–Crippen LogP) is 2.52.